The third-order valence-corrected chi connectivity index (χ3v) is 3.52. The summed E-state index contributed by atoms with van der Waals surface area (Å²) in [5.74, 6) is 0.750. The zero-order valence-electron chi connectivity index (χ0n) is 12.8. The van der Waals surface area contributed by atoms with Gasteiger partial charge in [-0.1, -0.05) is 24.3 Å². The molecule has 0 unspecified atom stereocenters. The standard InChI is InChI=1S/C17H17N5O/c1-13-19-7-8-22(13)12-15-4-2-3-14(9-15)10-21-17(23)16-11-18-5-6-20-16/h2-9,11H,10,12H2,1H3,(H,21,23). The third kappa shape index (κ3) is 3.79. The van der Waals surface area contributed by atoms with Gasteiger partial charge in [0.1, 0.15) is 11.5 Å². The molecule has 3 rings (SSSR count). The molecule has 1 amide bonds. The first-order chi connectivity index (χ1) is 11.2. The van der Waals surface area contributed by atoms with Crippen LogP contribution in [0.3, 0.4) is 0 Å². The van der Waals surface area contributed by atoms with Gasteiger partial charge in [0.2, 0.25) is 0 Å². The number of hydrogen-bond acceptors (Lipinski definition) is 4. The van der Waals surface area contributed by atoms with Crippen LogP contribution in [0, 0.1) is 6.92 Å². The number of carbonyl (C=O) groups excluding carboxylic acids is 1. The molecule has 0 saturated carbocycles. The lowest BCUT2D eigenvalue weighted by molar-refractivity contribution is 0.0945. The average molecular weight is 307 g/mol. The van der Waals surface area contributed by atoms with Gasteiger partial charge in [-0.25, -0.2) is 9.97 Å². The van der Waals surface area contributed by atoms with E-state index in [9.17, 15) is 4.79 Å². The maximum Gasteiger partial charge on any atom is 0.271 e. The van der Waals surface area contributed by atoms with E-state index in [1.807, 2.05) is 25.3 Å². The lowest BCUT2D eigenvalue weighted by Crippen LogP contribution is -2.23. The van der Waals surface area contributed by atoms with E-state index in [2.05, 4.69) is 37.0 Å². The molecule has 3 aromatic rings. The molecule has 0 spiro atoms. The second-order valence-corrected chi connectivity index (χ2v) is 5.20. The molecule has 0 aliphatic heterocycles. The number of rotatable bonds is 5. The van der Waals surface area contributed by atoms with Crippen LogP contribution in [0.1, 0.15) is 27.4 Å². The summed E-state index contributed by atoms with van der Waals surface area (Å²) in [6, 6.07) is 8.12. The Morgan fingerprint density at radius 1 is 1.17 bits per heavy atom. The first-order valence-electron chi connectivity index (χ1n) is 7.32. The van der Waals surface area contributed by atoms with Crippen molar-refractivity contribution in [3.05, 3.63) is 77.9 Å². The van der Waals surface area contributed by atoms with Crippen LogP contribution in [0.5, 0.6) is 0 Å². The second-order valence-electron chi connectivity index (χ2n) is 5.20. The Labute approximate surface area is 134 Å². The zero-order chi connectivity index (χ0) is 16.1. The summed E-state index contributed by atoms with van der Waals surface area (Å²) in [5, 5.41) is 2.85. The van der Waals surface area contributed by atoms with Crippen LogP contribution in [-0.4, -0.2) is 25.4 Å². The smallest absolute Gasteiger partial charge is 0.271 e. The van der Waals surface area contributed by atoms with Gasteiger partial charge in [-0.2, -0.15) is 0 Å². The summed E-state index contributed by atoms with van der Waals surface area (Å²) in [6.07, 6.45) is 8.24. The summed E-state index contributed by atoms with van der Waals surface area (Å²) in [6.45, 7) is 3.19. The van der Waals surface area contributed by atoms with E-state index < -0.39 is 0 Å². The molecule has 2 aromatic heterocycles. The summed E-state index contributed by atoms with van der Waals surface area (Å²) in [4.78, 5) is 24.1. The maximum atomic E-state index is 12.0. The van der Waals surface area contributed by atoms with Crippen molar-refractivity contribution in [1.29, 1.82) is 0 Å². The van der Waals surface area contributed by atoms with Gasteiger partial charge in [-0.05, 0) is 18.1 Å². The van der Waals surface area contributed by atoms with Crippen molar-refractivity contribution in [2.24, 2.45) is 0 Å². The Kier molecular flexibility index (Phi) is 4.42. The highest BCUT2D eigenvalue weighted by Gasteiger charge is 2.06. The van der Waals surface area contributed by atoms with Crippen LogP contribution < -0.4 is 5.32 Å². The molecule has 0 radical (unpaired) electrons. The maximum absolute atomic E-state index is 12.0. The van der Waals surface area contributed by atoms with E-state index in [0.717, 1.165) is 23.5 Å². The highest BCUT2D eigenvalue weighted by atomic mass is 16.1. The number of carbonyl (C=O) groups is 1. The molecule has 0 aliphatic carbocycles. The normalized spacial score (nSPS) is 10.5. The molecule has 0 aliphatic rings. The number of nitrogens with one attached hydrogen (secondary N) is 1. The molecule has 23 heavy (non-hydrogen) atoms. The van der Waals surface area contributed by atoms with Crippen molar-refractivity contribution < 1.29 is 4.79 Å². The number of imidazole rings is 1. The third-order valence-electron chi connectivity index (χ3n) is 3.52. The minimum atomic E-state index is -0.228. The molecule has 1 N–H and O–H groups in total. The van der Waals surface area contributed by atoms with Crippen molar-refractivity contribution in [1.82, 2.24) is 24.8 Å². The number of aromatic nitrogens is 4. The first kappa shape index (κ1) is 14.9. The molecule has 0 bridgehead atoms. The first-order valence-corrected chi connectivity index (χ1v) is 7.32. The fraction of sp³-hybridized carbons (Fsp3) is 0.176. The van der Waals surface area contributed by atoms with Gasteiger partial charge in [-0.3, -0.25) is 9.78 Å². The molecule has 0 atom stereocenters. The van der Waals surface area contributed by atoms with Crippen LogP contribution in [-0.2, 0) is 13.1 Å². The van der Waals surface area contributed by atoms with Crippen molar-refractivity contribution >= 4 is 5.91 Å². The van der Waals surface area contributed by atoms with Crippen LogP contribution in [0.15, 0.2) is 55.2 Å². The van der Waals surface area contributed by atoms with Gasteiger partial charge in [0.25, 0.3) is 5.91 Å². The van der Waals surface area contributed by atoms with Gasteiger partial charge in [0.05, 0.1) is 6.20 Å². The van der Waals surface area contributed by atoms with Gasteiger partial charge in [-0.15, -0.1) is 0 Å². The largest absolute Gasteiger partial charge is 0.347 e. The predicted molar refractivity (Wildman–Crippen MR) is 85.7 cm³/mol. The Morgan fingerprint density at radius 2 is 2.04 bits per heavy atom. The van der Waals surface area contributed by atoms with Crippen molar-refractivity contribution in [2.45, 2.75) is 20.0 Å². The lowest BCUT2D eigenvalue weighted by Gasteiger charge is -2.08. The van der Waals surface area contributed by atoms with Crippen LogP contribution >= 0.6 is 0 Å². The van der Waals surface area contributed by atoms with E-state index in [1.165, 1.54) is 12.4 Å². The van der Waals surface area contributed by atoms with Gasteiger partial charge >= 0.3 is 0 Å². The number of hydrogen-bond donors (Lipinski definition) is 1. The fourth-order valence-corrected chi connectivity index (χ4v) is 2.29. The molecule has 6 heteroatoms. The Morgan fingerprint density at radius 3 is 2.78 bits per heavy atom. The molecule has 0 fully saturated rings. The minimum absolute atomic E-state index is 0.228. The van der Waals surface area contributed by atoms with Crippen LogP contribution in [0.25, 0.3) is 0 Å². The van der Waals surface area contributed by atoms with Crippen molar-refractivity contribution in [2.75, 3.05) is 0 Å². The van der Waals surface area contributed by atoms with Crippen molar-refractivity contribution in [3.63, 3.8) is 0 Å². The topological polar surface area (TPSA) is 72.7 Å². The van der Waals surface area contributed by atoms with E-state index in [1.54, 1.807) is 12.4 Å². The van der Waals surface area contributed by atoms with E-state index in [4.69, 9.17) is 0 Å². The highest BCUT2D eigenvalue weighted by Crippen LogP contribution is 2.09. The molecular formula is C17H17N5O. The predicted octanol–water partition coefficient (Wildman–Crippen LogP) is 1.96. The number of benzene rings is 1. The second kappa shape index (κ2) is 6.83. The van der Waals surface area contributed by atoms with E-state index in [0.29, 0.717) is 12.2 Å². The van der Waals surface area contributed by atoms with Gasteiger partial charge < -0.3 is 9.88 Å². The molecule has 2 heterocycles. The summed E-state index contributed by atoms with van der Waals surface area (Å²) in [5.41, 5.74) is 2.52. The number of aryl methyl sites for hydroxylation is 1. The molecular weight excluding hydrogens is 290 g/mol. The molecule has 1 aromatic carbocycles. The van der Waals surface area contributed by atoms with E-state index >= 15 is 0 Å². The highest BCUT2D eigenvalue weighted by molar-refractivity contribution is 5.91. The van der Waals surface area contributed by atoms with Crippen LogP contribution in [0.2, 0.25) is 0 Å². The zero-order valence-corrected chi connectivity index (χ0v) is 12.8. The Bertz CT molecular complexity index is 798. The number of amides is 1. The summed E-state index contributed by atoms with van der Waals surface area (Å²) < 4.78 is 2.08. The summed E-state index contributed by atoms with van der Waals surface area (Å²) in [7, 11) is 0. The van der Waals surface area contributed by atoms with Gasteiger partial charge in [0, 0.05) is 37.9 Å². The number of nitrogens with zero attached hydrogens (tertiary/aromatic N) is 4. The van der Waals surface area contributed by atoms with Crippen molar-refractivity contribution in [3.8, 4) is 0 Å². The SMILES string of the molecule is Cc1nccn1Cc1cccc(CNC(=O)c2cnccn2)c1. The average Bonchev–Trinajstić information content (AvgIpc) is 2.99. The van der Waals surface area contributed by atoms with Crippen LogP contribution in [0.4, 0.5) is 0 Å². The van der Waals surface area contributed by atoms with E-state index in [-0.39, 0.29) is 5.91 Å². The molecule has 6 nitrogen and oxygen atoms in total. The quantitative estimate of drug-likeness (QED) is 0.782. The Balaban J connectivity index is 1.64. The molecule has 116 valence electrons. The fourth-order valence-electron chi connectivity index (χ4n) is 2.29. The van der Waals surface area contributed by atoms with Gasteiger partial charge in [0.15, 0.2) is 0 Å². The lowest BCUT2D eigenvalue weighted by atomic mass is 10.1. The molecule has 0 saturated heterocycles. The Hall–Kier alpha value is -3.02. The minimum Gasteiger partial charge on any atom is -0.347 e. The monoisotopic (exact) mass is 307 g/mol. The summed E-state index contributed by atoms with van der Waals surface area (Å²) >= 11 is 0.